The molecule has 2 aromatic carbocycles. The van der Waals surface area contributed by atoms with Crippen molar-refractivity contribution in [1.29, 1.82) is 0 Å². The number of benzene rings is 2. The fourth-order valence-corrected chi connectivity index (χ4v) is 2.24. The summed E-state index contributed by atoms with van der Waals surface area (Å²) in [7, 11) is 0. The molecule has 0 aromatic heterocycles. The number of rotatable bonds is 7. The van der Waals surface area contributed by atoms with Gasteiger partial charge in [0.05, 0.1) is 6.04 Å². The first-order valence-electron chi connectivity index (χ1n) is 7.37. The van der Waals surface area contributed by atoms with Crippen molar-refractivity contribution >= 4 is 5.91 Å². The molecule has 0 radical (unpaired) electrons. The highest BCUT2D eigenvalue weighted by molar-refractivity contribution is 5.81. The molecule has 1 amide bonds. The summed E-state index contributed by atoms with van der Waals surface area (Å²) in [5, 5.41) is 2.91. The molecule has 0 fully saturated rings. The molecule has 0 spiro atoms. The van der Waals surface area contributed by atoms with Crippen LogP contribution in [0.25, 0.3) is 0 Å². The highest BCUT2D eigenvalue weighted by atomic mass is 16.2. The summed E-state index contributed by atoms with van der Waals surface area (Å²) in [5.74, 6) is -0.0769. The van der Waals surface area contributed by atoms with Crippen LogP contribution in [0.1, 0.15) is 17.5 Å². The van der Waals surface area contributed by atoms with Gasteiger partial charge in [0, 0.05) is 6.54 Å². The zero-order chi connectivity index (χ0) is 14.9. The van der Waals surface area contributed by atoms with Crippen molar-refractivity contribution in [3.63, 3.8) is 0 Å². The Balaban J connectivity index is 1.67. The van der Waals surface area contributed by atoms with E-state index in [-0.39, 0.29) is 5.91 Å². The number of aryl methyl sites for hydroxylation is 1. The summed E-state index contributed by atoms with van der Waals surface area (Å²) in [6.07, 6.45) is 2.47. The molecule has 3 N–H and O–H groups in total. The van der Waals surface area contributed by atoms with Crippen LogP contribution in [0.3, 0.4) is 0 Å². The first-order chi connectivity index (χ1) is 10.3. The molecule has 2 rings (SSSR count). The Hall–Kier alpha value is -2.13. The normalized spacial score (nSPS) is 11.9. The molecule has 110 valence electrons. The van der Waals surface area contributed by atoms with Gasteiger partial charge >= 0.3 is 0 Å². The number of carbonyl (C=O) groups excluding carboxylic acids is 1. The fraction of sp³-hybridized carbons (Fsp3) is 0.278. The van der Waals surface area contributed by atoms with E-state index in [0.717, 1.165) is 18.4 Å². The zero-order valence-corrected chi connectivity index (χ0v) is 12.2. The highest BCUT2D eigenvalue weighted by Crippen LogP contribution is 2.03. The summed E-state index contributed by atoms with van der Waals surface area (Å²) >= 11 is 0. The van der Waals surface area contributed by atoms with Crippen molar-refractivity contribution in [3.05, 3.63) is 71.8 Å². The Morgan fingerprint density at radius 2 is 1.52 bits per heavy atom. The smallest absolute Gasteiger partial charge is 0.237 e. The number of carbonyl (C=O) groups is 1. The number of nitrogens with two attached hydrogens (primary N) is 1. The molecular weight excluding hydrogens is 260 g/mol. The maximum absolute atomic E-state index is 11.9. The largest absolute Gasteiger partial charge is 0.355 e. The first-order valence-corrected chi connectivity index (χ1v) is 7.37. The SMILES string of the molecule is N[C@H](Cc1ccccc1)C(=O)NCCCc1ccccc1. The predicted molar refractivity (Wildman–Crippen MR) is 85.9 cm³/mol. The topological polar surface area (TPSA) is 55.1 Å². The number of nitrogens with one attached hydrogen (secondary N) is 1. The second kappa shape index (κ2) is 8.22. The lowest BCUT2D eigenvalue weighted by Gasteiger charge is -2.12. The van der Waals surface area contributed by atoms with Gasteiger partial charge in [-0.2, -0.15) is 0 Å². The third kappa shape index (κ3) is 5.40. The molecule has 3 heteroatoms. The van der Waals surface area contributed by atoms with Crippen LogP contribution in [0.2, 0.25) is 0 Å². The average Bonchev–Trinajstić information content (AvgIpc) is 2.53. The minimum atomic E-state index is -0.482. The Kier molecular flexibility index (Phi) is 5.98. The molecule has 0 unspecified atom stereocenters. The monoisotopic (exact) mass is 282 g/mol. The Morgan fingerprint density at radius 3 is 2.14 bits per heavy atom. The van der Waals surface area contributed by atoms with E-state index in [1.807, 2.05) is 48.5 Å². The molecular formula is C18H22N2O. The molecule has 3 nitrogen and oxygen atoms in total. The van der Waals surface area contributed by atoms with Gasteiger partial charge in [-0.15, -0.1) is 0 Å². The van der Waals surface area contributed by atoms with E-state index in [2.05, 4.69) is 17.4 Å². The minimum Gasteiger partial charge on any atom is -0.355 e. The number of hydrogen-bond acceptors (Lipinski definition) is 2. The van der Waals surface area contributed by atoms with Crippen LogP contribution < -0.4 is 11.1 Å². The fourth-order valence-electron chi connectivity index (χ4n) is 2.24. The van der Waals surface area contributed by atoms with Crippen molar-refractivity contribution < 1.29 is 4.79 Å². The van der Waals surface area contributed by atoms with Gasteiger partial charge in [0.2, 0.25) is 5.91 Å². The summed E-state index contributed by atoms with van der Waals surface area (Å²) in [4.78, 5) is 11.9. The van der Waals surface area contributed by atoms with Crippen LogP contribution in [0.15, 0.2) is 60.7 Å². The Bertz CT molecular complexity index is 540. The van der Waals surface area contributed by atoms with Crippen LogP contribution in [0.5, 0.6) is 0 Å². The zero-order valence-electron chi connectivity index (χ0n) is 12.2. The molecule has 0 bridgehead atoms. The van der Waals surface area contributed by atoms with Crippen LogP contribution in [0.4, 0.5) is 0 Å². The standard InChI is InChI=1S/C18H22N2O/c19-17(14-16-10-5-2-6-11-16)18(21)20-13-7-12-15-8-3-1-4-9-15/h1-6,8-11,17H,7,12-14,19H2,(H,20,21)/t17-/m1/s1. The molecule has 0 heterocycles. The van der Waals surface area contributed by atoms with Gasteiger partial charge in [-0.3, -0.25) is 4.79 Å². The van der Waals surface area contributed by atoms with Gasteiger partial charge in [0.1, 0.15) is 0 Å². The van der Waals surface area contributed by atoms with Crippen molar-refractivity contribution in [2.45, 2.75) is 25.3 Å². The molecule has 0 aliphatic carbocycles. The Labute approximate surface area is 126 Å². The van der Waals surface area contributed by atoms with E-state index in [1.165, 1.54) is 5.56 Å². The van der Waals surface area contributed by atoms with Gasteiger partial charge in [0.25, 0.3) is 0 Å². The summed E-state index contributed by atoms with van der Waals surface area (Å²) < 4.78 is 0. The summed E-state index contributed by atoms with van der Waals surface area (Å²) in [5.41, 5.74) is 8.31. The second-order valence-corrected chi connectivity index (χ2v) is 5.18. The van der Waals surface area contributed by atoms with Crippen molar-refractivity contribution in [1.82, 2.24) is 5.32 Å². The first kappa shape index (κ1) is 15.3. The highest BCUT2D eigenvalue weighted by Gasteiger charge is 2.12. The molecule has 0 aliphatic rings. The predicted octanol–water partition coefficient (Wildman–Crippen LogP) is 2.31. The van der Waals surface area contributed by atoms with E-state index in [9.17, 15) is 4.79 Å². The lowest BCUT2D eigenvalue weighted by atomic mass is 10.1. The molecule has 0 saturated heterocycles. The van der Waals surface area contributed by atoms with E-state index < -0.39 is 6.04 Å². The molecule has 0 saturated carbocycles. The average molecular weight is 282 g/mol. The molecule has 0 aliphatic heterocycles. The summed E-state index contributed by atoms with van der Waals surface area (Å²) in [6.45, 7) is 0.663. The van der Waals surface area contributed by atoms with Crippen LogP contribution in [0, 0.1) is 0 Å². The molecule has 21 heavy (non-hydrogen) atoms. The maximum Gasteiger partial charge on any atom is 0.237 e. The van der Waals surface area contributed by atoms with Crippen LogP contribution >= 0.6 is 0 Å². The number of amides is 1. The van der Waals surface area contributed by atoms with E-state index in [1.54, 1.807) is 0 Å². The lowest BCUT2D eigenvalue weighted by Crippen LogP contribution is -2.42. The third-order valence-electron chi connectivity index (χ3n) is 3.42. The lowest BCUT2D eigenvalue weighted by molar-refractivity contribution is -0.122. The Morgan fingerprint density at radius 1 is 0.952 bits per heavy atom. The van der Waals surface area contributed by atoms with Crippen molar-refractivity contribution in [3.8, 4) is 0 Å². The molecule has 2 aromatic rings. The van der Waals surface area contributed by atoms with Crippen LogP contribution in [-0.4, -0.2) is 18.5 Å². The van der Waals surface area contributed by atoms with Gasteiger partial charge < -0.3 is 11.1 Å². The van der Waals surface area contributed by atoms with E-state index >= 15 is 0 Å². The van der Waals surface area contributed by atoms with Gasteiger partial charge in [-0.25, -0.2) is 0 Å². The van der Waals surface area contributed by atoms with Crippen LogP contribution in [-0.2, 0) is 17.6 Å². The quantitative estimate of drug-likeness (QED) is 0.766. The van der Waals surface area contributed by atoms with Crippen molar-refractivity contribution in [2.24, 2.45) is 5.73 Å². The van der Waals surface area contributed by atoms with Gasteiger partial charge in [0.15, 0.2) is 0 Å². The van der Waals surface area contributed by atoms with Gasteiger partial charge in [-0.1, -0.05) is 60.7 Å². The van der Waals surface area contributed by atoms with E-state index in [0.29, 0.717) is 13.0 Å². The minimum absolute atomic E-state index is 0.0769. The van der Waals surface area contributed by atoms with Gasteiger partial charge in [-0.05, 0) is 30.4 Å². The number of hydrogen-bond donors (Lipinski definition) is 2. The van der Waals surface area contributed by atoms with E-state index in [4.69, 9.17) is 5.73 Å². The maximum atomic E-state index is 11.9. The second-order valence-electron chi connectivity index (χ2n) is 5.18. The molecule has 1 atom stereocenters. The van der Waals surface area contributed by atoms with Crippen molar-refractivity contribution in [2.75, 3.05) is 6.54 Å². The third-order valence-corrected chi connectivity index (χ3v) is 3.42. The summed E-state index contributed by atoms with van der Waals surface area (Å²) in [6, 6.07) is 19.6.